The van der Waals surface area contributed by atoms with Crippen molar-refractivity contribution in [2.75, 3.05) is 0 Å². The smallest absolute Gasteiger partial charge is 0.308 e. The number of fused-ring (bicyclic) bond motifs is 1. The molecule has 0 saturated heterocycles. The Bertz CT molecular complexity index is 616. The SMILES string of the molecule is Bc1cnc2cc(F)c(CC(=O)O)c(F)c2c1. The van der Waals surface area contributed by atoms with Crippen LogP contribution in [0.4, 0.5) is 8.78 Å². The molecule has 6 heteroatoms. The summed E-state index contributed by atoms with van der Waals surface area (Å²) >= 11 is 0. The van der Waals surface area contributed by atoms with E-state index in [0.717, 1.165) is 11.5 Å². The van der Waals surface area contributed by atoms with Gasteiger partial charge >= 0.3 is 5.97 Å². The molecular formula is C11H8BF2NO2. The maximum Gasteiger partial charge on any atom is 0.308 e. The molecule has 1 heterocycles. The van der Waals surface area contributed by atoms with E-state index in [2.05, 4.69) is 4.98 Å². The van der Waals surface area contributed by atoms with Crippen molar-refractivity contribution in [3.05, 3.63) is 35.5 Å². The molecule has 0 saturated carbocycles. The summed E-state index contributed by atoms with van der Waals surface area (Å²) in [5, 5.41) is 8.73. The van der Waals surface area contributed by atoms with Crippen LogP contribution in [0.1, 0.15) is 5.56 Å². The van der Waals surface area contributed by atoms with Crippen LogP contribution in [0.3, 0.4) is 0 Å². The van der Waals surface area contributed by atoms with Gasteiger partial charge in [-0.2, -0.15) is 0 Å². The average Bonchev–Trinajstić information content (AvgIpc) is 2.25. The number of carboxylic acid groups (broad SMARTS) is 1. The second-order valence-electron chi connectivity index (χ2n) is 3.80. The van der Waals surface area contributed by atoms with Crippen LogP contribution in [-0.2, 0) is 11.2 Å². The molecule has 0 radical (unpaired) electrons. The summed E-state index contributed by atoms with van der Waals surface area (Å²) in [6, 6.07) is 2.57. The summed E-state index contributed by atoms with van der Waals surface area (Å²) in [6.45, 7) is 0. The molecule has 0 aliphatic heterocycles. The van der Waals surface area contributed by atoms with Crippen molar-refractivity contribution in [2.45, 2.75) is 6.42 Å². The number of benzene rings is 1. The second-order valence-corrected chi connectivity index (χ2v) is 3.80. The molecule has 2 aromatic rings. The highest BCUT2D eigenvalue weighted by atomic mass is 19.1. The van der Waals surface area contributed by atoms with Gasteiger partial charge in [-0.15, -0.1) is 0 Å². The van der Waals surface area contributed by atoms with E-state index >= 15 is 0 Å². The Hall–Kier alpha value is -1.98. The molecule has 86 valence electrons. The zero-order valence-electron chi connectivity index (χ0n) is 9.00. The monoisotopic (exact) mass is 235 g/mol. The lowest BCUT2D eigenvalue weighted by atomic mass is 9.96. The maximum atomic E-state index is 13.9. The van der Waals surface area contributed by atoms with Gasteiger partial charge in [0.05, 0.1) is 11.9 Å². The molecule has 1 aromatic heterocycles. The lowest BCUT2D eigenvalue weighted by Gasteiger charge is -2.06. The zero-order chi connectivity index (χ0) is 12.6. The Morgan fingerprint density at radius 2 is 2.12 bits per heavy atom. The third-order valence-corrected chi connectivity index (χ3v) is 2.44. The van der Waals surface area contributed by atoms with E-state index in [9.17, 15) is 13.6 Å². The predicted octanol–water partition coefficient (Wildman–Crippen LogP) is 0.399. The Balaban J connectivity index is 2.73. The van der Waals surface area contributed by atoms with Gasteiger partial charge in [0.25, 0.3) is 0 Å². The summed E-state index contributed by atoms with van der Waals surface area (Å²) in [7, 11) is 1.73. The standard InChI is InChI=1S/C11H8BF2NO2/c12-5-1-7-9(15-4-5)3-8(13)6(11(7)14)2-10(16)17/h1,3-4H,2,12H2,(H,16,17). The summed E-state index contributed by atoms with van der Waals surface area (Å²) < 4.78 is 27.4. The Kier molecular flexibility index (Phi) is 2.79. The summed E-state index contributed by atoms with van der Waals surface area (Å²) in [5.74, 6) is -3.00. The Morgan fingerprint density at radius 3 is 2.76 bits per heavy atom. The van der Waals surface area contributed by atoms with Crippen molar-refractivity contribution in [3.8, 4) is 0 Å². The number of pyridine rings is 1. The van der Waals surface area contributed by atoms with Gasteiger partial charge in [-0.3, -0.25) is 9.78 Å². The van der Waals surface area contributed by atoms with Crippen LogP contribution in [0.15, 0.2) is 18.3 Å². The summed E-state index contributed by atoms with van der Waals surface area (Å²) in [4.78, 5) is 14.4. The largest absolute Gasteiger partial charge is 0.481 e. The lowest BCUT2D eigenvalue weighted by molar-refractivity contribution is -0.136. The average molecular weight is 235 g/mol. The summed E-state index contributed by atoms with van der Waals surface area (Å²) in [5.41, 5.74) is 0.474. The molecule has 0 amide bonds. The van der Waals surface area contributed by atoms with Crippen LogP contribution >= 0.6 is 0 Å². The minimum atomic E-state index is -1.28. The first-order valence-corrected chi connectivity index (χ1v) is 4.94. The zero-order valence-corrected chi connectivity index (χ0v) is 9.00. The number of rotatable bonds is 2. The Morgan fingerprint density at radius 1 is 1.41 bits per heavy atom. The van der Waals surface area contributed by atoms with Crippen LogP contribution in [-0.4, -0.2) is 23.9 Å². The summed E-state index contributed by atoms with van der Waals surface area (Å²) in [6.07, 6.45) is 0.819. The molecule has 0 bridgehead atoms. The van der Waals surface area contributed by atoms with Crippen LogP contribution < -0.4 is 5.46 Å². The number of aliphatic carboxylic acids is 1. The van der Waals surface area contributed by atoms with E-state index in [1.54, 1.807) is 7.85 Å². The van der Waals surface area contributed by atoms with Crippen LogP contribution in [0.2, 0.25) is 0 Å². The van der Waals surface area contributed by atoms with E-state index in [0.29, 0.717) is 0 Å². The minimum absolute atomic E-state index is 0.141. The van der Waals surface area contributed by atoms with Crippen LogP contribution in [0, 0.1) is 11.6 Å². The van der Waals surface area contributed by atoms with Crippen molar-refractivity contribution < 1.29 is 18.7 Å². The highest BCUT2D eigenvalue weighted by Gasteiger charge is 2.16. The second kappa shape index (κ2) is 4.12. The van der Waals surface area contributed by atoms with E-state index < -0.39 is 29.6 Å². The molecular weight excluding hydrogens is 227 g/mol. The Labute approximate surface area is 96.5 Å². The molecule has 0 spiro atoms. The minimum Gasteiger partial charge on any atom is -0.481 e. The lowest BCUT2D eigenvalue weighted by Crippen LogP contribution is -2.08. The van der Waals surface area contributed by atoms with Gasteiger partial charge < -0.3 is 5.11 Å². The molecule has 1 aromatic carbocycles. The number of halogens is 2. The number of nitrogens with zero attached hydrogens (tertiary/aromatic N) is 1. The molecule has 0 unspecified atom stereocenters. The van der Waals surface area contributed by atoms with Crippen molar-refractivity contribution in [1.82, 2.24) is 4.98 Å². The van der Waals surface area contributed by atoms with Gasteiger partial charge in [0.15, 0.2) is 0 Å². The fraction of sp³-hybridized carbons (Fsp3) is 0.0909. The molecule has 0 aliphatic carbocycles. The highest BCUT2D eigenvalue weighted by molar-refractivity contribution is 6.32. The van der Waals surface area contributed by atoms with E-state index in [1.165, 1.54) is 12.3 Å². The van der Waals surface area contributed by atoms with Gasteiger partial charge in [0, 0.05) is 23.2 Å². The molecule has 0 fully saturated rings. The topological polar surface area (TPSA) is 50.2 Å². The maximum absolute atomic E-state index is 13.9. The van der Waals surface area contributed by atoms with Crippen molar-refractivity contribution in [1.29, 1.82) is 0 Å². The van der Waals surface area contributed by atoms with Crippen LogP contribution in [0.5, 0.6) is 0 Å². The van der Waals surface area contributed by atoms with Gasteiger partial charge in [-0.25, -0.2) is 8.78 Å². The van der Waals surface area contributed by atoms with Gasteiger partial charge in [0.1, 0.15) is 19.5 Å². The number of hydrogen-bond donors (Lipinski definition) is 1. The van der Waals surface area contributed by atoms with Crippen molar-refractivity contribution >= 4 is 30.2 Å². The van der Waals surface area contributed by atoms with E-state index in [1.807, 2.05) is 0 Å². The third-order valence-electron chi connectivity index (χ3n) is 2.44. The molecule has 17 heavy (non-hydrogen) atoms. The van der Waals surface area contributed by atoms with Crippen molar-refractivity contribution in [2.24, 2.45) is 0 Å². The number of carboxylic acids is 1. The number of hydrogen-bond acceptors (Lipinski definition) is 2. The molecule has 3 nitrogen and oxygen atoms in total. The highest BCUT2D eigenvalue weighted by Crippen LogP contribution is 2.22. The molecule has 0 aliphatic rings. The van der Waals surface area contributed by atoms with Gasteiger partial charge in [0.2, 0.25) is 0 Å². The quantitative estimate of drug-likeness (QED) is 0.766. The normalized spacial score (nSPS) is 10.7. The first kappa shape index (κ1) is 11.5. The molecule has 2 rings (SSSR count). The van der Waals surface area contributed by atoms with E-state index in [4.69, 9.17) is 5.11 Å². The van der Waals surface area contributed by atoms with Crippen molar-refractivity contribution in [3.63, 3.8) is 0 Å². The van der Waals surface area contributed by atoms with Gasteiger partial charge in [-0.1, -0.05) is 11.5 Å². The number of carbonyl (C=O) groups is 1. The van der Waals surface area contributed by atoms with Gasteiger partial charge in [-0.05, 0) is 0 Å². The first-order chi connectivity index (χ1) is 7.99. The fourth-order valence-electron chi connectivity index (χ4n) is 1.66. The van der Waals surface area contributed by atoms with E-state index in [-0.39, 0.29) is 10.9 Å². The molecule has 0 atom stereocenters. The predicted molar refractivity (Wildman–Crippen MR) is 61.2 cm³/mol. The fourth-order valence-corrected chi connectivity index (χ4v) is 1.66. The first-order valence-electron chi connectivity index (χ1n) is 4.94. The third kappa shape index (κ3) is 2.11. The molecule has 1 N–H and O–H groups in total. The van der Waals surface area contributed by atoms with Crippen LogP contribution in [0.25, 0.3) is 10.9 Å². The number of aromatic nitrogens is 1.